The first-order chi connectivity index (χ1) is 8.54. The van der Waals surface area contributed by atoms with Crippen molar-refractivity contribution in [3.05, 3.63) is 38.9 Å². The van der Waals surface area contributed by atoms with Gasteiger partial charge in [0, 0.05) is 6.07 Å². The second-order valence-electron chi connectivity index (χ2n) is 3.72. The van der Waals surface area contributed by atoms with Crippen molar-refractivity contribution in [1.82, 2.24) is 4.90 Å². The number of hydrogen-bond donors (Lipinski definition) is 0. The van der Waals surface area contributed by atoms with Gasteiger partial charge in [0.25, 0.3) is 5.69 Å². The predicted molar refractivity (Wildman–Crippen MR) is 69.4 cm³/mol. The lowest BCUT2D eigenvalue weighted by atomic mass is 10.1. The van der Waals surface area contributed by atoms with Crippen molar-refractivity contribution in [2.45, 2.75) is 19.9 Å². The summed E-state index contributed by atoms with van der Waals surface area (Å²) in [5.41, 5.74) is 0.430. The van der Waals surface area contributed by atoms with Crippen molar-refractivity contribution in [1.29, 1.82) is 5.26 Å². The molecule has 5 nitrogen and oxygen atoms in total. The second-order valence-corrected chi connectivity index (χ2v) is 4.13. The van der Waals surface area contributed by atoms with E-state index in [-0.39, 0.29) is 10.7 Å². The van der Waals surface area contributed by atoms with Gasteiger partial charge in [0.2, 0.25) is 0 Å². The predicted octanol–water partition coefficient (Wildman–Crippen LogP) is 3.15. The van der Waals surface area contributed by atoms with Crippen LogP contribution in [0.5, 0.6) is 0 Å². The van der Waals surface area contributed by atoms with Crippen LogP contribution >= 0.6 is 11.6 Å². The summed E-state index contributed by atoms with van der Waals surface area (Å²) in [6, 6.07) is 6.16. The maximum Gasteiger partial charge on any atom is 0.288 e. The van der Waals surface area contributed by atoms with Crippen molar-refractivity contribution in [2.24, 2.45) is 0 Å². The Morgan fingerprint density at radius 3 is 2.56 bits per heavy atom. The van der Waals surface area contributed by atoms with Crippen LogP contribution in [0, 0.1) is 21.4 Å². The largest absolute Gasteiger partial charge is 0.288 e. The third kappa shape index (κ3) is 2.97. The van der Waals surface area contributed by atoms with E-state index in [0.717, 1.165) is 0 Å². The lowest BCUT2D eigenvalue weighted by molar-refractivity contribution is -0.384. The van der Waals surface area contributed by atoms with Crippen LogP contribution in [-0.2, 0) is 0 Å². The Morgan fingerprint density at radius 2 is 2.11 bits per heavy atom. The molecule has 6 heteroatoms. The molecule has 0 saturated heterocycles. The minimum Gasteiger partial charge on any atom is -0.285 e. The summed E-state index contributed by atoms with van der Waals surface area (Å²) in [5, 5.41) is 20.1. The number of halogens is 1. The molecule has 96 valence electrons. The highest BCUT2D eigenvalue weighted by Crippen LogP contribution is 2.29. The molecule has 0 aliphatic heterocycles. The van der Waals surface area contributed by atoms with Crippen LogP contribution in [0.3, 0.4) is 0 Å². The number of nitriles is 1. The van der Waals surface area contributed by atoms with Crippen molar-refractivity contribution < 1.29 is 4.92 Å². The standard InChI is InChI=1S/C12H14ClN3O2/c1-3-15(4-2)12(8-14)9-5-6-10(13)11(7-9)16(17)18/h5-7,12H,3-4H2,1-2H3. The summed E-state index contributed by atoms with van der Waals surface area (Å²) in [5.74, 6) is 0. The third-order valence-corrected chi connectivity index (χ3v) is 3.10. The van der Waals surface area contributed by atoms with Gasteiger partial charge in [-0.3, -0.25) is 15.0 Å². The molecule has 0 heterocycles. The smallest absolute Gasteiger partial charge is 0.285 e. The third-order valence-electron chi connectivity index (χ3n) is 2.78. The summed E-state index contributed by atoms with van der Waals surface area (Å²) in [7, 11) is 0. The number of rotatable bonds is 5. The van der Waals surface area contributed by atoms with Crippen LogP contribution in [0.15, 0.2) is 18.2 Å². The molecule has 0 aliphatic carbocycles. The Hall–Kier alpha value is -1.64. The number of nitro benzene ring substituents is 1. The van der Waals surface area contributed by atoms with Gasteiger partial charge in [0.1, 0.15) is 11.1 Å². The lowest BCUT2D eigenvalue weighted by Gasteiger charge is -2.24. The highest BCUT2D eigenvalue weighted by Gasteiger charge is 2.21. The Bertz CT molecular complexity index is 481. The summed E-state index contributed by atoms with van der Waals surface area (Å²) in [4.78, 5) is 12.2. The fourth-order valence-electron chi connectivity index (χ4n) is 1.80. The van der Waals surface area contributed by atoms with Gasteiger partial charge < -0.3 is 0 Å². The molecule has 18 heavy (non-hydrogen) atoms. The fraction of sp³-hybridized carbons (Fsp3) is 0.417. The normalized spacial score (nSPS) is 12.2. The number of nitro groups is 1. The molecule has 0 saturated carbocycles. The molecule has 1 atom stereocenters. The average Bonchev–Trinajstić information content (AvgIpc) is 2.36. The number of hydrogen-bond acceptors (Lipinski definition) is 4. The van der Waals surface area contributed by atoms with Crippen LogP contribution in [0.1, 0.15) is 25.5 Å². The molecule has 0 amide bonds. The van der Waals surface area contributed by atoms with Gasteiger partial charge in [-0.05, 0) is 24.7 Å². The Balaban J connectivity index is 3.19. The van der Waals surface area contributed by atoms with Crippen LogP contribution in [0.2, 0.25) is 5.02 Å². The zero-order valence-electron chi connectivity index (χ0n) is 10.3. The maximum absolute atomic E-state index is 10.8. The van der Waals surface area contributed by atoms with Crippen molar-refractivity contribution in [3.8, 4) is 6.07 Å². The van der Waals surface area contributed by atoms with Crippen LogP contribution in [0.25, 0.3) is 0 Å². The highest BCUT2D eigenvalue weighted by atomic mass is 35.5. The van der Waals surface area contributed by atoms with E-state index in [4.69, 9.17) is 11.6 Å². The van der Waals surface area contributed by atoms with Gasteiger partial charge in [-0.1, -0.05) is 31.5 Å². The molecule has 1 rings (SSSR count). The van der Waals surface area contributed by atoms with Crippen LogP contribution in [0.4, 0.5) is 5.69 Å². The van der Waals surface area contributed by atoms with Crippen LogP contribution < -0.4 is 0 Å². The molecule has 0 spiro atoms. The number of nitrogens with zero attached hydrogens (tertiary/aromatic N) is 3. The van der Waals surface area contributed by atoms with E-state index in [2.05, 4.69) is 6.07 Å². The molecule has 0 fully saturated rings. The molecule has 0 aliphatic rings. The van der Waals surface area contributed by atoms with Gasteiger partial charge in [0.15, 0.2) is 0 Å². The monoisotopic (exact) mass is 267 g/mol. The van der Waals surface area contributed by atoms with Crippen molar-refractivity contribution in [2.75, 3.05) is 13.1 Å². The Labute approximate surface area is 111 Å². The van der Waals surface area contributed by atoms with E-state index in [9.17, 15) is 15.4 Å². The summed E-state index contributed by atoms with van der Waals surface area (Å²) < 4.78 is 0. The summed E-state index contributed by atoms with van der Waals surface area (Å²) >= 11 is 5.75. The van der Waals surface area contributed by atoms with Gasteiger partial charge >= 0.3 is 0 Å². The fourth-order valence-corrected chi connectivity index (χ4v) is 1.98. The quantitative estimate of drug-likeness (QED) is 0.607. The summed E-state index contributed by atoms with van der Waals surface area (Å²) in [6.07, 6.45) is 0. The molecule has 0 N–H and O–H groups in total. The molecule has 1 aromatic rings. The molecular weight excluding hydrogens is 254 g/mol. The minimum absolute atomic E-state index is 0.0833. The van der Waals surface area contributed by atoms with E-state index in [0.29, 0.717) is 18.7 Å². The van der Waals surface area contributed by atoms with E-state index in [1.54, 1.807) is 6.07 Å². The first kappa shape index (κ1) is 14.4. The Kier molecular flexibility index (Phi) is 5.08. The maximum atomic E-state index is 10.8. The van der Waals surface area contributed by atoms with Gasteiger partial charge in [-0.2, -0.15) is 5.26 Å². The molecular formula is C12H14ClN3O2. The Morgan fingerprint density at radius 1 is 1.50 bits per heavy atom. The van der Waals surface area contributed by atoms with Crippen molar-refractivity contribution in [3.63, 3.8) is 0 Å². The van der Waals surface area contributed by atoms with Gasteiger partial charge in [0.05, 0.1) is 11.0 Å². The lowest BCUT2D eigenvalue weighted by Crippen LogP contribution is -2.27. The molecule has 0 aromatic heterocycles. The first-order valence-corrected chi connectivity index (χ1v) is 6.00. The van der Waals surface area contributed by atoms with E-state index >= 15 is 0 Å². The second kappa shape index (κ2) is 6.34. The van der Waals surface area contributed by atoms with Crippen LogP contribution in [-0.4, -0.2) is 22.9 Å². The topological polar surface area (TPSA) is 70.2 Å². The zero-order chi connectivity index (χ0) is 13.7. The zero-order valence-corrected chi connectivity index (χ0v) is 11.0. The van der Waals surface area contributed by atoms with E-state index in [1.165, 1.54) is 12.1 Å². The van der Waals surface area contributed by atoms with Gasteiger partial charge in [-0.15, -0.1) is 0 Å². The molecule has 1 unspecified atom stereocenters. The average molecular weight is 268 g/mol. The molecule has 0 radical (unpaired) electrons. The van der Waals surface area contributed by atoms with E-state index in [1.807, 2.05) is 18.7 Å². The van der Waals surface area contributed by atoms with E-state index < -0.39 is 11.0 Å². The SMILES string of the molecule is CCN(CC)C(C#N)c1ccc(Cl)c([N+](=O)[O-])c1. The van der Waals surface area contributed by atoms with Crippen molar-refractivity contribution >= 4 is 17.3 Å². The first-order valence-electron chi connectivity index (χ1n) is 5.62. The molecule has 1 aromatic carbocycles. The molecule has 0 bridgehead atoms. The minimum atomic E-state index is -0.539. The summed E-state index contributed by atoms with van der Waals surface area (Å²) in [6.45, 7) is 5.28. The number of benzene rings is 1. The highest BCUT2D eigenvalue weighted by molar-refractivity contribution is 6.32. The van der Waals surface area contributed by atoms with Gasteiger partial charge in [-0.25, -0.2) is 0 Å².